The quantitative estimate of drug-likeness (QED) is 0.816. The summed E-state index contributed by atoms with van der Waals surface area (Å²) in [6.07, 6.45) is 6.04. The molecule has 4 nitrogen and oxygen atoms in total. The molecule has 0 saturated carbocycles. The molecule has 0 aliphatic rings. The Kier molecular flexibility index (Phi) is 4.49. The second-order valence-electron chi connectivity index (χ2n) is 4.30. The van der Waals surface area contributed by atoms with Gasteiger partial charge in [0.05, 0.1) is 11.4 Å². The van der Waals surface area contributed by atoms with Crippen molar-refractivity contribution in [1.29, 1.82) is 0 Å². The van der Waals surface area contributed by atoms with E-state index < -0.39 is 0 Å². The van der Waals surface area contributed by atoms with E-state index in [1.807, 2.05) is 10.9 Å². The first-order chi connectivity index (χ1) is 8.74. The molecule has 2 rings (SSSR count). The fourth-order valence-corrected chi connectivity index (χ4v) is 2.75. The third kappa shape index (κ3) is 2.97. The predicted molar refractivity (Wildman–Crippen MR) is 75.3 cm³/mol. The second kappa shape index (κ2) is 6.11. The van der Waals surface area contributed by atoms with Crippen molar-refractivity contribution < 1.29 is 0 Å². The van der Waals surface area contributed by atoms with Crippen molar-refractivity contribution in [3.63, 3.8) is 0 Å². The van der Waals surface area contributed by atoms with Crippen LogP contribution in [0.5, 0.6) is 0 Å². The molecular weight excluding hydrogens is 244 g/mol. The number of rotatable bonds is 6. The predicted octanol–water partition coefficient (Wildman–Crippen LogP) is 2.70. The van der Waals surface area contributed by atoms with Crippen molar-refractivity contribution in [2.75, 3.05) is 6.54 Å². The van der Waals surface area contributed by atoms with Gasteiger partial charge in [0.25, 0.3) is 0 Å². The Morgan fingerprint density at radius 2 is 2.22 bits per heavy atom. The van der Waals surface area contributed by atoms with Crippen LogP contribution in [0.3, 0.4) is 0 Å². The molecule has 0 radical (unpaired) electrons. The number of aromatic nitrogens is 3. The van der Waals surface area contributed by atoms with E-state index in [4.69, 9.17) is 0 Å². The number of thiazole rings is 1. The highest BCUT2D eigenvalue weighted by atomic mass is 32.1. The van der Waals surface area contributed by atoms with Gasteiger partial charge >= 0.3 is 0 Å². The van der Waals surface area contributed by atoms with Gasteiger partial charge in [0.15, 0.2) is 5.13 Å². The molecule has 0 saturated heterocycles. The monoisotopic (exact) mass is 264 g/mol. The minimum absolute atomic E-state index is 0.825. The molecule has 0 atom stereocenters. The van der Waals surface area contributed by atoms with Gasteiger partial charge in [-0.25, -0.2) is 9.97 Å². The van der Waals surface area contributed by atoms with Crippen LogP contribution < -0.4 is 5.32 Å². The highest BCUT2D eigenvalue weighted by molar-refractivity contribution is 7.14. The molecule has 0 aliphatic heterocycles. The topological polar surface area (TPSA) is 42.7 Å². The molecule has 0 amide bonds. The number of hydrogen-bond acceptors (Lipinski definition) is 4. The number of nitrogens with one attached hydrogen (secondary N) is 1. The van der Waals surface area contributed by atoms with Crippen LogP contribution in [-0.2, 0) is 13.0 Å². The maximum absolute atomic E-state index is 4.63. The minimum atomic E-state index is 0.825. The van der Waals surface area contributed by atoms with E-state index >= 15 is 0 Å². The summed E-state index contributed by atoms with van der Waals surface area (Å²) >= 11 is 1.73. The Morgan fingerprint density at radius 3 is 2.89 bits per heavy atom. The van der Waals surface area contributed by atoms with Gasteiger partial charge in [0.2, 0.25) is 0 Å². The molecule has 2 aromatic heterocycles. The molecule has 98 valence electrons. The van der Waals surface area contributed by atoms with Crippen molar-refractivity contribution in [3.05, 3.63) is 28.8 Å². The minimum Gasteiger partial charge on any atom is -0.311 e. The number of aryl methyl sites for hydroxylation is 2. The first-order valence-corrected chi connectivity index (χ1v) is 7.26. The van der Waals surface area contributed by atoms with Crippen molar-refractivity contribution in [2.45, 2.75) is 40.2 Å². The Hall–Kier alpha value is -1.20. The Bertz CT molecular complexity index is 501. The van der Waals surface area contributed by atoms with Crippen LogP contribution in [0.1, 0.15) is 36.5 Å². The first kappa shape index (κ1) is 13.2. The Balaban J connectivity index is 2.08. The SMILES string of the molecule is CCCNCc1cn(-c2nc(CC)c(C)s2)cn1. The van der Waals surface area contributed by atoms with Crippen LogP contribution in [0.25, 0.3) is 5.13 Å². The van der Waals surface area contributed by atoms with Gasteiger partial charge in [-0.2, -0.15) is 0 Å². The fraction of sp³-hybridized carbons (Fsp3) is 0.538. The van der Waals surface area contributed by atoms with Crippen LogP contribution in [0.4, 0.5) is 0 Å². The summed E-state index contributed by atoms with van der Waals surface area (Å²) in [5, 5.41) is 4.36. The van der Waals surface area contributed by atoms with Crippen LogP contribution >= 0.6 is 11.3 Å². The molecule has 0 aliphatic carbocycles. The summed E-state index contributed by atoms with van der Waals surface area (Å²) in [6, 6.07) is 0. The number of hydrogen-bond donors (Lipinski definition) is 1. The highest BCUT2D eigenvalue weighted by Crippen LogP contribution is 2.21. The van der Waals surface area contributed by atoms with E-state index in [0.29, 0.717) is 0 Å². The normalized spacial score (nSPS) is 11.1. The zero-order chi connectivity index (χ0) is 13.0. The van der Waals surface area contributed by atoms with Crippen LogP contribution in [0.2, 0.25) is 0 Å². The molecular formula is C13H20N4S. The molecule has 0 unspecified atom stereocenters. The first-order valence-electron chi connectivity index (χ1n) is 6.44. The second-order valence-corrected chi connectivity index (χ2v) is 5.48. The van der Waals surface area contributed by atoms with Gasteiger partial charge in [-0.1, -0.05) is 13.8 Å². The van der Waals surface area contributed by atoms with Gasteiger partial charge in [-0.05, 0) is 26.3 Å². The summed E-state index contributed by atoms with van der Waals surface area (Å²) in [5.41, 5.74) is 2.25. The lowest BCUT2D eigenvalue weighted by molar-refractivity contribution is 0.666. The summed E-state index contributed by atoms with van der Waals surface area (Å²) in [6.45, 7) is 8.28. The Morgan fingerprint density at radius 1 is 1.39 bits per heavy atom. The molecule has 2 heterocycles. The molecule has 1 N–H and O–H groups in total. The average Bonchev–Trinajstić information content (AvgIpc) is 2.96. The van der Waals surface area contributed by atoms with Crippen LogP contribution in [0, 0.1) is 6.92 Å². The van der Waals surface area contributed by atoms with Gasteiger partial charge < -0.3 is 5.32 Å². The lowest BCUT2D eigenvalue weighted by Gasteiger charge is -1.98. The van der Waals surface area contributed by atoms with E-state index in [1.165, 1.54) is 10.6 Å². The fourth-order valence-electron chi connectivity index (χ4n) is 1.80. The smallest absolute Gasteiger partial charge is 0.195 e. The Labute approximate surface area is 112 Å². The van der Waals surface area contributed by atoms with Crippen molar-refractivity contribution in [1.82, 2.24) is 19.9 Å². The maximum atomic E-state index is 4.63. The largest absolute Gasteiger partial charge is 0.311 e. The van der Waals surface area contributed by atoms with Crippen LogP contribution in [0.15, 0.2) is 12.5 Å². The van der Waals surface area contributed by atoms with E-state index in [9.17, 15) is 0 Å². The summed E-state index contributed by atoms with van der Waals surface area (Å²) in [4.78, 5) is 10.3. The standard InChI is InChI=1S/C13H20N4S/c1-4-6-14-7-11-8-17(9-15-11)13-16-12(5-2)10(3)18-13/h8-9,14H,4-7H2,1-3H3. The molecule has 0 aromatic carbocycles. The zero-order valence-electron chi connectivity index (χ0n) is 11.2. The number of imidazole rings is 1. The number of nitrogens with zero attached hydrogens (tertiary/aromatic N) is 3. The molecule has 0 bridgehead atoms. The third-order valence-corrected chi connectivity index (χ3v) is 3.83. The van der Waals surface area contributed by atoms with Crippen molar-refractivity contribution in [2.24, 2.45) is 0 Å². The molecule has 0 fully saturated rings. The van der Waals surface area contributed by atoms with Crippen molar-refractivity contribution in [3.8, 4) is 5.13 Å². The van der Waals surface area contributed by atoms with E-state index in [-0.39, 0.29) is 0 Å². The van der Waals surface area contributed by atoms with Gasteiger partial charge in [0.1, 0.15) is 6.33 Å². The summed E-state index contributed by atoms with van der Waals surface area (Å²) in [7, 11) is 0. The third-order valence-electron chi connectivity index (χ3n) is 2.81. The highest BCUT2D eigenvalue weighted by Gasteiger charge is 2.08. The average molecular weight is 264 g/mol. The van der Waals surface area contributed by atoms with Gasteiger partial charge in [0, 0.05) is 17.6 Å². The summed E-state index contributed by atoms with van der Waals surface area (Å²) < 4.78 is 2.01. The zero-order valence-corrected chi connectivity index (χ0v) is 12.0. The van der Waals surface area contributed by atoms with E-state index in [0.717, 1.165) is 36.8 Å². The lowest BCUT2D eigenvalue weighted by Crippen LogP contribution is -2.13. The maximum Gasteiger partial charge on any atom is 0.195 e. The molecule has 0 spiro atoms. The van der Waals surface area contributed by atoms with Crippen LogP contribution in [-0.4, -0.2) is 21.1 Å². The van der Waals surface area contributed by atoms with E-state index in [1.54, 1.807) is 11.3 Å². The molecule has 2 aromatic rings. The van der Waals surface area contributed by atoms with E-state index in [2.05, 4.69) is 42.3 Å². The lowest BCUT2D eigenvalue weighted by atomic mass is 10.3. The molecule has 5 heteroatoms. The van der Waals surface area contributed by atoms with Gasteiger partial charge in [-0.15, -0.1) is 11.3 Å². The molecule has 18 heavy (non-hydrogen) atoms. The van der Waals surface area contributed by atoms with Gasteiger partial charge in [-0.3, -0.25) is 4.57 Å². The summed E-state index contributed by atoms with van der Waals surface area (Å²) in [5.74, 6) is 0. The van der Waals surface area contributed by atoms with Crippen molar-refractivity contribution >= 4 is 11.3 Å².